The highest BCUT2D eigenvalue weighted by atomic mass is 32.1. The number of carboxylic acids is 1. The number of fused-ring (bicyclic) bond motifs is 18. The number of hydrogen-bond donors (Lipinski definition) is 6. The summed E-state index contributed by atoms with van der Waals surface area (Å²) in [7, 11) is 0. The van der Waals surface area contributed by atoms with Crippen LogP contribution in [0, 0.1) is 0 Å². The van der Waals surface area contributed by atoms with Crippen LogP contribution >= 0.6 is 11.3 Å². The largest absolute Gasteiger partial charge is 0.480 e. The Labute approximate surface area is 341 Å². The van der Waals surface area contributed by atoms with Gasteiger partial charge in [-0.2, -0.15) is 0 Å². The number of nitrogens with one attached hydrogen (secondary N) is 4. The van der Waals surface area contributed by atoms with Gasteiger partial charge in [-0.05, 0) is 51.2 Å². The molecule has 0 radical (unpaired) electrons. The van der Waals surface area contributed by atoms with Gasteiger partial charge in [-0.15, -0.1) is 11.3 Å². The molecule has 4 atom stereocenters. The van der Waals surface area contributed by atoms with Crippen molar-refractivity contribution in [2.75, 3.05) is 6.54 Å². The van der Waals surface area contributed by atoms with E-state index in [1.807, 2.05) is 102 Å². The Hall–Kier alpha value is -6.15. The van der Waals surface area contributed by atoms with E-state index >= 15 is 0 Å². The third kappa shape index (κ3) is 12.2. The number of carboxylic acid groups (broad SMARTS) is 1. The monoisotopic (exact) mass is 801 g/mol. The summed E-state index contributed by atoms with van der Waals surface area (Å²) in [5.74, 6) is -3.35. The van der Waals surface area contributed by atoms with E-state index in [-0.39, 0.29) is 51.1 Å². The second-order valence-electron chi connectivity index (χ2n) is 14.3. The molecule has 12 nitrogen and oxygen atoms in total. The molecule has 13 heteroatoms. The molecule has 4 amide bonds. The molecule has 4 aromatic carbocycles. The SMILES string of the molecule is O=C(O)CN1Cc2ccc(cc2)CNC(=O)CCC(O)NC(Cc2cccs2)C(=O)NC(Cc2ccc(-c3ccccc3)cc2)C(=O)NC(Cc2ccccc2)C1=O. The van der Waals surface area contributed by atoms with E-state index < -0.39 is 54.6 Å². The second kappa shape index (κ2) is 20.3. The summed E-state index contributed by atoms with van der Waals surface area (Å²) in [5, 5.41) is 34.4. The zero-order valence-corrected chi connectivity index (χ0v) is 32.7. The van der Waals surface area contributed by atoms with Crippen LogP contribution in [-0.4, -0.2) is 75.6 Å². The number of nitrogens with zero attached hydrogens (tertiary/aromatic N) is 1. The Morgan fingerprint density at radius 1 is 0.672 bits per heavy atom. The van der Waals surface area contributed by atoms with Crippen LogP contribution in [-0.2, 0) is 56.3 Å². The average Bonchev–Trinajstić information content (AvgIpc) is 3.75. The number of hydrogen-bond acceptors (Lipinski definition) is 8. The molecule has 3 heterocycles. The number of carbonyl (C=O) groups is 5. The molecule has 5 aromatic rings. The van der Waals surface area contributed by atoms with Crippen molar-refractivity contribution in [3.05, 3.63) is 154 Å². The Bertz CT molecular complexity index is 2130. The first kappa shape index (κ1) is 41.5. The second-order valence-corrected chi connectivity index (χ2v) is 15.3. The van der Waals surface area contributed by atoms with E-state index in [4.69, 9.17) is 0 Å². The van der Waals surface area contributed by atoms with Crippen LogP contribution in [0.5, 0.6) is 0 Å². The summed E-state index contributed by atoms with van der Waals surface area (Å²) in [6.45, 7) is -0.462. The molecule has 0 spiro atoms. The number of rotatable bonds is 9. The van der Waals surface area contributed by atoms with Crippen molar-refractivity contribution in [2.24, 2.45) is 0 Å². The lowest BCUT2D eigenvalue weighted by Crippen LogP contribution is -2.58. The topological polar surface area (TPSA) is 177 Å². The minimum absolute atomic E-state index is 0.0152. The number of carbonyl (C=O) groups excluding carboxylic acids is 4. The zero-order valence-electron chi connectivity index (χ0n) is 31.9. The van der Waals surface area contributed by atoms with Crippen LogP contribution in [0.3, 0.4) is 0 Å². The minimum Gasteiger partial charge on any atom is -0.480 e. The fourth-order valence-corrected chi connectivity index (χ4v) is 7.56. The van der Waals surface area contributed by atoms with E-state index in [1.165, 1.54) is 16.2 Å². The predicted octanol–water partition coefficient (Wildman–Crippen LogP) is 4.21. The van der Waals surface area contributed by atoms with Crippen LogP contribution in [0.1, 0.15) is 40.0 Å². The molecule has 0 aliphatic carbocycles. The van der Waals surface area contributed by atoms with Crippen LogP contribution < -0.4 is 21.3 Å². The maximum atomic E-state index is 14.5. The van der Waals surface area contributed by atoms with Crippen LogP contribution in [0.25, 0.3) is 11.1 Å². The molecular weight excluding hydrogens is 755 g/mol. The van der Waals surface area contributed by atoms with Crippen molar-refractivity contribution in [3.8, 4) is 11.1 Å². The van der Waals surface area contributed by atoms with Gasteiger partial charge in [0.1, 0.15) is 24.9 Å². The number of benzene rings is 4. The number of aliphatic carboxylic acids is 1. The molecule has 6 N–H and O–H groups in total. The smallest absolute Gasteiger partial charge is 0.323 e. The quantitative estimate of drug-likeness (QED) is 0.120. The van der Waals surface area contributed by atoms with Gasteiger partial charge in [-0.3, -0.25) is 29.3 Å². The van der Waals surface area contributed by atoms with E-state index in [0.29, 0.717) is 5.56 Å². The van der Waals surface area contributed by atoms with Gasteiger partial charge < -0.3 is 31.1 Å². The summed E-state index contributed by atoms with van der Waals surface area (Å²) in [4.78, 5) is 70.2. The van der Waals surface area contributed by atoms with Crippen LogP contribution in [0.2, 0.25) is 0 Å². The van der Waals surface area contributed by atoms with Crippen molar-refractivity contribution in [1.29, 1.82) is 0 Å². The minimum atomic E-state index is -1.22. The van der Waals surface area contributed by atoms with E-state index in [2.05, 4.69) is 21.3 Å². The summed E-state index contributed by atoms with van der Waals surface area (Å²) >= 11 is 1.44. The highest BCUT2D eigenvalue weighted by Crippen LogP contribution is 2.21. The van der Waals surface area contributed by atoms with Crippen molar-refractivity contribution in [2.45, 2.75) is 69.5 Å². The number of thiophene rings is 1. The molecule has 1 aromatic heterocycles. The van der Waals surface area contributed by atoms with E-state index in [9.17, 15) is 34.2 Å². The molecule has 2 aliphatic rings. The molecule has 7 rings (SSSR count). The van der Waals surface area contributed by atoms with Crippen molar-refractivity contribution < 1.29 is 34.2 Å². The predicted molar refractivity (Wildman–Crippen MR) is 221 cm³/mol. The maximum absolute atomic E-state index is 14.5. The standard InChI is InChI=1S/C45H47N5O7S/c51-40-21-22-41(52)47-38(26-36-12-7-23-58-36)44(56)48-37(24-31-17-19-35(20-18-31)34-10-5-2-6-11-34)43(55)49-39(25-30-8-3-1-4-9-30)45(57)50(29-42(53)54)28-33-15-13-32(14-16-33)27-46-40/h1-20,23,37-39,41,47,52H,21-22,24-29H2,(H,46,51)(H,48,56)(H,49,55)(H,53,54). The summed E-state index contributed by atoms with van der Waals surface area (Å²) in [6, 6.07) is 34.0. The first-order valence-electron chi connectivity index (χ1n) is 19.2. The fraction of sp³-hybridized carbons (Fsp3) is 0.267. The maximum Gasteiger partial charge on any atom is 0.323 e. The van der Waals surface area contributed by atoms with Crippen molar-refractivity contribution in [1.82, 2.24) is 26.2 Å². The highest BCUT2D eigenvalue weighted by molar-refractivity contribution is 7.09. The summed E-state index contributed by atoms with van der Waals surface area (Å²) in [6.07, 6.45) is -0.902. The van der Waals surface area contributed by atoms with Gasteiger partial charge >= 0.3 is 5.97 Å². The number of aliphatic hydroxyl groups is 1. The van der Waals surface area contributed by atoms with Crippen LogP contribution in [0.4, 0.5) is 0 Å². The highest BCUT2D eigenvalue weighted by Gasteiger charge is 2.33. The molecule has 300 valence electrons. The zero-order chi connectivity index (χ0) is 40.9. The molecule has 0 saturated heterocycles. The Morgan fingerprint density at radius 3 is 1.95 bits per heavy atom. The van der Waals surface area contributed by atoms with Gasteiger partial charge in [0.05, 0.1) is 6.04 Å². The molecule has 0 fully saturated rings. The van der Waals surface area contributed by atoms with Gasteiger partial charge in [0, 0.05) is 43.6 Å². The summed E-state index contributed by atoms with van der Waals surface area (Å²) in [5.41, 5.74) is 4.88. The van der Waals surface area contributed by atoms with E-state index in [1.54, 1.807) is 24.3 Å². The fourth-order valence-electron chi connectivity index (χ4n) is 6.81. The lowest BCUT2D eigenvalue weighted by Gasteiger charge is -2.29. The first-order chi connectivity index (χ1) is 28.1. The average molecular weight is 802 g/mol. The van der Waals surface area contributed by atoms with Gasteiger partial charge in [0.2, 0.25) is 23.6 Å². The number of amides is 4. The van der Waals surface area contributed by atoms with Gasteiger partial charge in [0.15, 0.2) is 0 Å². The molecule has 4 unspecified atom stereocenters. The Morgan fingerprint density at radius 2 is 1.28 bits per heavy atom. The van der Waals surface area contributed by atoms with Gasteiger partial charge in [-0.1, -0.05) is 115 Å². The van der Waals surface area contributed by atoms with E-state index in [0.717, 1.165) is 32.7 Å². The lowest BCUT2D eigenvalue weighted by molar-refractivity contribution is -0.146. The normalized spacial score (nSPS) is 20.1. The first-order valence-corrected chi connectivity index (χ1v) is 20.1. The van der Waals surface area contributed by atoms with Crippen molar-refractivity contribution >= 4 is 40.9 Å². The third-order valence-corrected chi connectivity index (χ3v) is 10.8. The van der Waals surface area contributed by atoms with Crippen molar-refractivity contribution in [3.63, 3.8) is 0 Å². The Kier molecular flexibility index (Phi) is 14.5. The molecular formula is C45H47N5O7S. The Balaban J connectivity index is 1.36. The molecule has 2 aliphatic heterocycles. The summed E-state index contributed by atoms with van der Waals surface area (Å²) < 4.78 is 0. The van der Waals surface area contributed by atoms with Crippen LogP contribution in [0.15, 0.2) is 127 Å². The molecule has 2 bridgehead atoms. The van der Waals surface area contributed by atoms with Gasteiger partial charge in [0.25, 0.3) is 0 Å². The van der Waals surface area contributed by atoms with Gasteiger partial charge in [-0.25, -0.2) is 0 Å². The lowest BCUT2D eigenvalue weighted by atomic mass is 9.99. The number of aliphatic hydroxyl groups excluding tert-OH is 1. The molecule has 0 saturated carbocycles. The molecule has 58 heavy (non-hydrogen) atoms. The third-order valence-electron chi connectivity index (χ3n) is 9.90.